The van der Waals surface area contributed by atoms with Crippen LogP contribution in [0.1, 0.15) is 23.0 Å². The second-order valence-electron chi connectivity index (χ2n) is 3.76. The van der Waals surface area contributed by atoms with Gasteiger partial charge in [0.25, 0.3) is 0 Å². The minimum absolute atomic E-state index is 0.438. The Hall–Kier alpha value is -1.13. The van der Waals surface area contributed by atoms with Gasteiger partial charge >= 0.3 is 12.1 Å². The molecule has 0 spiro atoms. The molecule has 108 valence electrons. The maximum Gasteiger partial charge on any atom is 0.390 e. The van der Waals surface area contributed by atoms with Crippen molar-refractivity contribution in [1.82, 2.24) is 4.72 Å². The van der Waals surface area contributed by atoms with Crippen molar-refractivity contribution in [3.8, 4) is 0 Å². The first kappa shape index (κ1) is 15.9. The molecule has 0 amide bonds. The van der Waals surface area contributed by atoms with E-state index in [9.17, 15) is 26.4 Å². The van der Waals surface area contributed by atoms with E-state index in [-0.39, 0.29) is 0 Å². The van der Waals surface area contributed by atoms with E-state index in [4.69, 9.17) is 5.11 Å². The summed E-state index contributed by atoms with van der Waals surface area (Å²) in [5, 5.41) is 10.0. The third kappa shape index (κ3) is 4.48. The number of hydrogen-bond acceptors (Lipinski definition) is 4. The molecule has 2 N–H and O–H groups in total. The molecular weight excluding hydrogens is 307 g/mol. The van der Waals surface area contributed by atoms with Crippen LogP contribution in [0.15, 0.2) is 16.3 Å². The van der Waals surface area contributed by atoms with Crippen molar-refractivity contribution in [3.05, 3.63) is 16.3 Å². The third-order valence-corrected chi connectivity index (χ3v) is 4.67. The lowest BCUT2D eigenvalue weighted by Crippen LogP contribution is -2.36. The van der Waals surface area contributed by atoms with Crippen LogP contribution in [-0.4, -0.2) is 31.7 Å². The minimum atomic E-state index is -4.51. The number of thiophene rings is 1. The molecule has 1 atom stereocenters. The Labute approximate surface area is 111 Å². The standard InChI is InChI=1S/C9H10F3NO4S2/c1-5(4-9(10,11)12)13-19(16,17)6-2-3-18-7(6)8(14)15/h2-3,5,13H,4H2,1H3,(H,14,15). The van der Waals surface area contributed by atoms with Crippen LogP contribution < -0.4 is 4.72 Å². The number of carboxylic acids is 1. The molecule has 0 aliphatic rings. The fourth-order valence-electron chi connectivity index (χ4n) is 1.38. The smallest absolute Gasteiger partial charge is 0.390 e. The van der Waals surface area contributed by atoms with E-state index in [1.165, 1.54) is 5.38 Å². The highest BCUT2D eigenvalue weighted by Gasteiger charge is 2.33. The maximum atomic E-state index is 12.1. The maximum absolute atomic E-state index is 12.1. The second kappa shape index (κ2) is 5.47. The molecule has 1 heterocycles. The van der Waals surface area contributed by atoms with E-state index < -0.39 is 44.4 Å². The lowest BCUT2D eigenvalue weighted by molar-refractivity contribution is -0.137. The SMILES string of the molecule is CC(CC(F)(F)F)NS(=O)(=O)c1ccsc1C(=O)O. The van der Waals surface area contributed by atoms with Crippen molar-refractivity contribution >= 4 is 27.3 Å². The number of alkyl halides is 3. The summed E-state index contributed by atoms with van der Waals surface area (Å²) in [5.41, 5.74) is 0. The fraction of sp³-hybridized carbons (Fsp3) is 0.444. The lowest BCUT2D eigenvalue weighted by Gasteiger charge is -2.15. The van der Waals surface area contributed by atoms with Crippen LogP contribution in [0.3, 0.4) is 0 Å². The molecule has 5 nitrogen and oxygen atoms in total. The van der Waals surface area contributed by atoms with Gasteiger partial charge in [0.2, 0.25) is 10.0 Å². The second-order valence-corrected chi connectivity index (χ2v) is 6.36. The highest BCUT2D eigenvalue weighted by Crippen LogP contribution is 2.25. The summed E-state index contributed by atoms with van der Waals surface area (Å²) in [6, 6.07) is -0.344. The first-order chi connectivity index (χ1) is 8.53. The van der Waals surface area contributed by atoms with E-state index in [0.717, 1.165) is 13.0 Å². The molecule has 0 fully saturated rings. The van der Waals surface area contributed by atoms with Gasteiger partial charge in [-0.1, -0.05) is 0 Å². The van der Waals surface area contributed by atoms with Crippen LogP contribution >= 0.6 is 11.3 Å². The summed E-state index contributed by atoms with van der Waals surface area (Å²) >= 11 is 0.684. The molecule has 0 aliphatic carbocycles. The molecule has 0 aliphatic heterocycles. The molecule has 1 rings (SSSR count). The van der Waals surface area contributed by atoms with E-state index in [1.54, 1.807) is 4.72 Å². The van der Waals surface area contributed by atoms with Crippen LogP contribution in [0, 0.1) is 0 Å². The van der Waals surface area contributed by atoms with Crippen LogP contribution in [0.2, 0.25) is 0 Å². The van der Waals surface area contributed by atoms with Gasteiger partial charge < -0.3 is 5.11 Å². The van der Waals surface area contributed by atoms with Gasteiger partial charge in [-0.25, -0.2) is 17.9 Å². The van der Waals surface area contributed by atoms with Crippen molar-refractivity contribution in [3.63, 3.8) is 0 Å². The van der Waals surface area contributed by atoms with E-state index >= 15 is 0 Å². The zero-order valence-corrected chi connectivity index (χ0v) is 11.2. The van der Waals surface area contributed by atoms with Crippen molar-refractivity contribution in [2.24, 2.45) is 0 Å². The number of rotatable bonds is 5. The van der Waals surface area contributed by atoms with Gasteiger partial charge in [-0.15, -0.1) is 11.3 Å². The van der Waals surface area contributed by atoms with Gasteiger partial charge in [0.05, 0.1) is 6.42 Å². The summed E-state index contributed by atoms with van der Waals surface area (Å²) in [5.74, 6) is -1.45. The molecule has 1 aromatic rings. The Kier molecular flexibility index (Phi) is 4.59. The average molecular weight is 317 g/mol. The van der Waals surface area contributed by atoms with Crippen LogP contribution in [0.25, 0.3) is 0 Å². The number of hydrogen-bond donors (Lipinski definition) is 2. The zero-order valence-electron chi connectivity index (χ0n) is 9.56. The monoisotopic (exact) mass is 317 g/mol. The number of carbonyl (C=O) groups is 1. The summed E-state index contributed by atoms with van der Waals surface area (Å²) in [7, 11) is -4.28. The first-order valence-electron chi connectivity index (χ1n) is 4.93. The van der Waals surface area contributed by atoms with Crippen molar-refractivity contribution in [2.45, 2.75) is 30.5 Å². The van der Waals surface area contributed by atoms with Crippen molar-refractivity contribution in [2.75, 3.05) is 0 Å². The average Bonchev–Trinajstić information content (AvgIpc) is 2.60. The number of sulfonamides is 1. The summed E-state index contributed by atoms with van der Waals surface area (Å²) in [4.78, 5) is 9.82. The molecule has 0 bridgehead atoms. The van der Waals surface area contributed by atoms with Gasteiger partial charge in [0.1, 0.15) is 9.77 Å². The van der Waals surface area contributed by atoms with Gasteiger partial charge in [-0.3, -0.25) is 0 Å². The lowest BCUT2D eigenvalue weighted by atomic mass is 10.2. The molecule has 0 aromatic carbocycles. The Morgan fingerprint density at radius 3 is 2.58 bits per heavy atom. The normalized spacial score (nSPS) is 14.3. The quantitative estimate of drug-likeness (QED) is 0.871. The van der Waals surface area contributed by atoms with E-state index in [1.807, 2.05) is 0 Å². The van der Waals surface area contributed by atoms with Gasteiger partial charge in [0, 0.05) is 6.04 Å². The van der Waals surface area contributed by atoms with Gasteiger partial charge in [0.15, 0.2) is 0 Å². The summed E-state index contributed by atoms with van der Waals surface area (Å²) in [6.45, 7) is 1.05. The fourth-order valence-corrected chi connectivity index (χ4v) is 3.89. The Morgan fingerprint density at radius 1 is 1.53 bits per heavy atom. The number of carboxylic acid groups (broad SMARTS) is 1. The highest BCUT2D eigenvalue weighted by atomic mass is 32.2. The Balaban J connectivity index is 2.93. The zero-order chi connectivity index (χ0) is 14.8. The number of halogens is 3. The number of aromatic carboxylic acids is 1. The van der Waals surface area contributed by atoms with Crippen molar-refractivity contribution < 1.29 is 31.5 Å². The van der Waals surface area contributed by atoms with Gasteiger partial charge in [-0.2, -0.15) is 13.2 Å². The van der Waals surface area contributed by atoms with Crippen LogP contribution in [-0.2, 0) is 10.0 Å². The number of nitrogens with one attached hydrogen (secondary N) is 1. The molecule has 0 radical (unpaired) electrons. The Bertz CT molecular complexity index is 564. The molecule has 19 heavy (non-hydrogen) atoms. The summed E-state index contributed by atoms with van der Waals surface area (Å²) < 4.78 is 61.7. The van der Waals surface area contributed by atoms with E-state index in [0.29, 0.717) is 11.3 Å². The van der Waals surface area contributed by atoms with Gasteiger partial charge in [-0.05, 0) is 18.4 Å². The predicted octanol–water partition coefficient (Wildman–Crippen LogP) is 2.07. The summed E-state index contributed by atoms with van der Waals surface area (Å²) in [6.07, 6.45) is -5.84. The largest absolute Gasteiger partial charge is 0.477 e. The molecule has 0 saturated heterocycles. The Morgan fingerprint density at radius 2 is 2.11 bits per heavy atom. The first-order valence-corrected chi connectivity index (χ1v) is 7.29. The highest BCUT2D eigenvalue weighted by molar-refractivity contribution is 7.89. The molecule has 1 unspecified atom stereocenters. The third-order valence-electron chi connectivity index (χ3n) is 2.01. The molecular formula is C9H10F3NO4S2. The van der Waals surface area contributed by atoms with Crippen LogP contribution in [0.5, 0.6) is 0 Å². The molecule has 1 aromatic heterocycles. The predicted molar refractivity (Wildman–Crippen MR) is 61.7 cm³/mol. The van der Waals surface area contributed by atoms with Crippen LogP contribution in [0.4, 0.5) is 13.2 Å². The van der Waals surface area contributed by atoms with Crippen molar-refractivity contribution in [1.29, 1.82) is 0 Å². The molecule has 10 heteroatoms. The van der Waals surface area contributed by atoms with E-state index in [2.05, 4.69) is 0 Å². The minimum Gasteiger partial charge on any atom is -0.477 e. The topological polar surface area (TPSA) is 83.5 Å². The molecule has 0 saturated carbocycles.